The zero-order valence-electron chi connectivity index (χ0n) is 7.71. The Morgan fingerprint density at radius 2 is 2.21 bits per heavy atom. The van der Waals surface area contributed by atoms with Crippen molar-refractivity contribution in [2.75, 3.05) is 0 Å². The van der Waals surface area contributed by atoms with Gasteiger partial charge in [-0.15, -0.1) is 0 Å². The second-order valence-electron chi connectivity index (χ2n) is 3.82. The molecule has 1 unspecified atom stereocenters. The first-order valence-corrected chi connectivity index (χ1v) is 5.58. The van der Waals surface area contributed by atoms with Crippen LogP contribution in [0.2, 0.25) is 0 Å². The van der Waals surface area contributed by atoms with Gasteiger partial charge in [0, 0.05) is 0 Å². The van der Waals surface area contributed by atoms with Crippen molar-refractivity contribution in [3.8, 4) is 0 Å². The number of hydrogen-bond donors (Lipinski definition) is 1. The normalized spacial score (nSPS) is 18.2. The van der Waals surface area contributed by atoms with Crippen LogP contribution in [0.3, 0.4) is 0 Å². The Balaban J connectivity index is 2.11. The van der Waals surface area contributed by atoms with Crippen LogP contribution in [0.5, 0.6) is 0 Å². The molecular weight excluding hydrogens is 247 g/mol. The maximum absolute atomic E-state index is 13.1. The molecule has 0 bridgehead atoms. The minimum absolute atomic E-state index is 0.259. The second-order valence-corrected chi connectivity index (χ2v) is 4.61. The third-order valence-corrected chi connectivity index (χ3v) is 3.51. The maximum Gasteiger partial charge on any atom is 0.137 e. The Hall–Kier alpha value is -0.410. The van der Waals surface area contributed by atoms with E-state index in [0.717, 1.165) is 18.4 Å². The van der Waals surface area contributed by atoms with Crippen molar-refractivity contribution < 1.29 is 9.50 Å². The van der Waals surface area contributed by atoms with Crippen LogP contribution < -0.4 is 0 Å². The molecule has 1 saturated carbocycles. The van der Waals surface area contributed by atoms with Crippen molar-refractivity contribution >= 4 is 15.9 Å². The van der Waals surface area contributed by atoms with Gasteiger partial charge in [0.15, 0.2) is 0 Å². The summed E-state index contributed by atoms with van der Waals surface area (Å²) < 4.78 is 13.6. The third-order valence-electron chi connectivity index (χ3n) is 2.63. The predicted octanol–water partition coefficient (Wildman–Crippen LogP) is 2.90. The van der Waals surface area contributed by atoms with E-state index in [1.807, 2.05) is 6.07 Å². The molecule has 1 aliphatic rings. The van der Waals surface area contributed by atoms with E-state index in [1.54, 1.807) is 6.07 Å². The van der Waals surface area contributed by atoms with Crippen LogP contribution in [0, 0.1) is 11.7 Å². The van der Waals surface area contributed by atoms with E-state index in [1.165, 1.54) is 6.07 Å². The van der Waals surface area contributed by atoms with Gasteiger partial charge in [-0.05, 0) is 52.7 Å². The Morgan fingerprint density at radius 1 is 1.50 bits per heavy atom. The molecule has 1 aliphatic carbocycles. The van der Waals surface area contributed by atoms with Gasteiger partial charge in [0.25, 0.3) is 0 Å². The highest BCUT2D eigenvalue weighted by Crippen LogP contribution is 2.35. The van der Waals surface area contributed by atoms with Gasteiger partial charge in [-0.1, -0.05) is 12.1 Å². The van der Waals surface area contributed by atoms with E-state index in [0.29, 0.717) is 16.8 Å². The number of aliphatic hydroxyl groups is 1. The lowest BCUT2D eigenvalue weighted by Gasteiger charge is -2.10. The molecule has 0 radical (unpaired) electrons. The number of benzene rings is 1. The topological polar surface area (TPSA) is 20.2 Å². The highest BCUT2D eigenvalue weighted by molar-refractivity contribution is 9.10. The molecule has 14 heavy (non-hydrogen) atoms. The lowest BCUT2D eigenvalue weighted by molar-refractivity contribution is 0.151. The number of halogens is 2. The summed E-state index contributed by atoms with van der Waals surface area (Å²) in [4.78, 5) is 0. The molecule has 3 heteroatoms. The van der Waals surface area contributed by atoms with Crippen molar-refractivity contribution in [2.45, 2.75) is 25.4 Å². The zero-order valence-corrected chi connectivity index (χ0v) is 9.30. The van der Waals surface area contributed by atoms with Crippen molar-refractivity contribution in [2.24, 2.45) is 5.92 Å². The first kappa shape index (κ1) is 10.1. The Labute approximate surface area is 91.1 Å². The van der Waals surface area contributed by atoms with Crippen LogP contribution >= 0.6 is 15.9 Å². The molecule has 1 N–H and O–H groups in total. The molecule has 1 aromatic rings. The fourth-order valence-electron chi connectivity index (χ4n) is 1.58. The minimum atomic E-state index is -0.312. The number of rotatable bonds is 3. The third kappa shape index (κ3) is 2.15. The fraction of sp³-hybridized carbons (Fsp3) is 0.455. The molecule has 0 heterocycles. The van der Waals surface area contributed by atoms with Crippen molar-refractivity contribution in [3.05, 3.63) is 34.1 Å². The summed E-state index contributed by atoms with van der Waals surface area (Å²) in [7, 11) is 0. The average molecular weight is 259 g/mol. The Kier molecular flexibility index (Phi) is 2.88. The summed E-state index contributed by atoms with van der Waals surface area (Å²) in [6.07, 6.45) is 2.44. The van der Waals surface area contributed by atoms with E-state index in [9.17, 15) is 9.50 Å². The lowest BCUT2D eigenvalue weighted by atomic mass is 10.0. The summed E-state index contributed by atoms with van der Waals surface area (Å²) in [5, 5.41) is 9.71. The van der Waals surface area contributed by atoms with Gasteiger partial charge in [-0.25, -0.2) is 4.39 Å². The van der Waals surface area contributed by atoms with Gasteiger partial charge in [-0.3, -0.25) is 0 Å². The standard InChI is InChI=1S/C11H12BrFO/c12-11-8(2-1-3-9(11)13)6-10(14)7-4-5-7/h1-3,7,10,14H,4-6H2. The molecule has 0 aromatic heterocycles. The lowest BCUT2D eigenvalue weighted by Crippen LogP contribution is -2.13. The van der Waals surface area contributed by atoms with Crippen molar-refractivity contribution in [1.82, 2.24) is 0 Å². The van der Waals surface area contributed by atoms with Gasteiger partial charge in [0.2, 0.25) is 0 Å². The quantitative estimate of drug-likeness (QED) is 0.884. The summed E-state index contributed by atoms with van der Waals surface area (Å²) >= 11 is 3.19. The Morgan fingerprint density at radius 3 is 2.86 bits per heavy atom. The van der Waals surface area contributed by atoms with E-state index in [4.69, 9.17) is 0 Å². The highest BCUT2D eigenvalue weighted by Gasteiger charge is 2.30. The summed E-state index contributed by atoms with van der Waals surface area (Å²) in [5.41, 5.74) is 0.851. The number of hydrogen-bond acceptors (Lipinski definition) is 1. The SMILES string of the molecule is OC(Cc1cccc(F)c1Br)C1CC1. The van der Waals surface area contributed by atoms with Gasteiger partial charge < -0.3 is 5.11 Å². The summed E-state index contributed by atoms with van der Waals surface area (Å²) in [6, 6.07) is 4.94. The van der Waals surface area contributed by atoms with Crippen molar-refractivity contribution in [1.29, 1.82) is 0 Å². The molecule has 0 aliphatic heterocycles. The van der Waals surface area contributed by atoms with Crippen LogP contribution in [0.4, 0.5) is 4.39 Å². The molecule has 1 fully saturated rings. The van der Waals surface area contributed by atoms with Crippen LogP contribution in [0.15, 0.2) is 22.7 Å². The van der Waals surface area contributed by atoms with Crippen LogP contribution in [0.1, 0.15) is 18.4 Å². The molecule has 1 aromatic carbocycles. The summed E-state index contributed by atoms with van der Waals surface area (Å²) in [5.74, 6) is 0.177. The molecule has 2 rings (SSSR count). The molecule has 1 atom stereocenters. The summed E-state index contributed by atoms with van der Waals surface area (Å²) in [6.45, 7) is 0. The number of aliphatic hydroxyl groups excluding tert-OH is 1. The van der Waals surface area contributed by atoms with Crippen LogP contribution in [-0.2, 0) is 6.42 Å². The largest absolute Gasteiger partial charge is 0.392 e. The van der Waals surface area contributed by atoms with Gasteiger partial charge in [0.05, 0.1) is 10.6 Å². The fourth-order valence-corrected chi connectivity index (χ4v) is 2.01. The molecular formula is C11H12BrFO. The Bertz CT molecular complexity index is 336. The van der Waals surface area contributed by atoms with Crippen LogP contribution in [0.25, 0.3) is 0 Å². The molecule has 1 nitrogen and oxygen atoms in total. The zero-order chi connectivity index (χ0) is 10.1. The smallest absolute Gasteiger partial charge is 0.137 e. The monoisotopic (exact) mass is 258 g/mol. The molecule has 0 amide bonds. The second kappa shape index (κ2) is 3.99. The molecule has 76 valence electrons. The maximum atomic E-state index is 13.1. The van der Waals surface area contributed by atoms with Gasteiger partial charge >= 0.3 is 0 Å². The minimum Gasteiger partial charge on any atom is -0.392 e. The van der Waals surface area contributed by atoms with Gasteiger partial charge in [0.1, 0.15) is 5.82 Å². The van der Waals surface area contributed by atoms with E-state index >= 15 is 0 Å². The van der Waals surface area contributed by atoms with E-state index in [-0.39, 0.29) is 11.9 Å². The molecule has 0 saturated heterocycles. The van der Waals surface area contributed by atoms with Crippen molar-refractivity contribution in [3.63, 3.8) is 0 Å². The van der Waals surface area contributed by atoms with E-state index < -0.39 is 0 Å². The van der Waals surface area contributed by atoms with Gasteiger partial charge in [-0.2, -0.15) is 0 Å². The predicted molar refractivity (Wildman–Crippen MR) is 56.5 cm³/mol. The average Bonchev–Trinajstić information content (AvgIpc) is 2.95. The van der Waals surface area contributed by atoms with E-state index in [2.05, 4.69) is 15.9 Å². The molecule has 0 spiro atoms. The first-order chi connectivity index (χ1) is 6.68. The van der Waals surface area contributed by atoms with Crippen LogP contribution in [-0.4, -0.2) is 11.2 Å². The first-order valence-electron chi connectivity index (χ1n) is 4.79. The highest BCUT2D eigenvalue weighted by atomic mass is 79.9.